The zero-order valence-electron chi connectivity index (χ0n) is 10.9. The fourth-order valence-corrected chi connectivity index (χ4v) is 2.88. The van der Waals surface area contributed by atoms with Crippen LogP contribution in [0.4, 0.5) is 9.39 Å². The number of hydrogen-bond donors (Lipinski definition) is 1. The summed E-state index contributed by atoms with van der Waals surface area (Å²) in [6.07, 6.45) is 0. The van der Waals surface area contributed by atoms with Gasteiger partial charge in [0.15, 0.2) is 0 Å². The van der Waals surface area contributed by atoms with Gasteiger partial charge < -0.3 is 5.32 Å². The number of nitrogens with one attached hydrogen (secondary N) is 1. The summed E-state index contributed by atoms with van der Waals surface area (Å²) < 4.78 is 13.8. The number of hydrogen-bond acceptors (Lipinski definition) is 4. The normalized spacial score (nSPS) is 10.4. The van der Waals surface area contributed by atoms with Gasteiger partial charge in [-0.1, -0.05) is 11.3 Å². The Morgan fingerprint density at radius 1 is 1.48 bits per heavy atom. The molecular formula is C13H10BrFN2O3S. The average molecular weight is 373 g/mol. The van der Waals surface area contributed by atoms with E-state index >= 15 is 0 Å². The number of carbonyl (C=O) groups excluding carboxylic acids is 1. The molecule has 0 fully saturated rings. The summed E-state index contributed by atoms with van der Waals surface area (Å²) in [5.41, 5.74) is 1.48. The average Bonchev–Trinajstić information content (AvgIpc) is 2.91. The second kappa shape index (κ2) is 6.31. The molecule has 1 heterocycles. The van der Waals surface area contributed by atoms with Crippen LogP contribution in [-0.4, -0.2) is 10.8 Å². The zero-order chi connectivity index (χ0) is 15.6. The molecule has 0 unspecified atom stereocenters. The van der Waals surface area contributed by atoms with Crippen LogP contribution in [0.1, 0.15) is 20.8 Å². The summed E-state index contributed by atoms with van der Waals surface area (Å²) in [4.78, 5) is 22.2. The molecule has 8 heteroatoms. The third-order valence-electron chi connectivity index (χ3n) is 2.81. The van der Waals surface area contributed by atoms with Gasteiger partial charge in [-0.25, -0.2) is 4.39 Å². The molecule has 1 amide bonds. The summed E-state index contributed by atoms with van der Waals surface area (Å²) in [6, 6.07) is 5.65. The molecule has 0 radical (unpaired) electrons. The summed E-state index contributed by atoms with van der Waals surface area (Å²) in [5, 5.41) is 13.1. The largest absolute Gasteiger partial charge is 0.347 e. The van der Waals surface area contributed by atoms with Crippen LogP contribution in [0.3, 0.4) is 0 Å². The Morgan fingerprint density at radius 2 is 2.19 bits per heavy atom. The molecule has 0 aliphatic heterocycles. The molecule has 1 aromatic heterocycles. The number of thiophene rings is 1. The van der Waals surface area contributed by atoms with Crippen LogP contribution < -0.4 is 5.32 Å². The second-order valence-corrected chi connectivity index (χ2v) is 6.19. The van der Waals surface area contributed by atoms with E-state index in [1.54, 1.807) is 6.07 Å². The molecule has 0 aliphatic carbocycles. The minimum atomic E-state index is -0.546. The van der Waals surface area contributed by atoms with Gasteiger partial charge in [0.25, 0.3) is 5.91 Å². The standard InChI is InChI=1S/C13H10BrFN2O3S/c1-7-4-9(14)10(15)5-8(7)6-16-13(18)11-2-3-12(21-11)17(19)20/h2-5H,6H2,1H3,(H,16,18). The van der Waals surface area contributed by atoms with Gasteiger partial charge in [0.2, 0.25) is 0 Å². The Kier molecular flexibility index (Phi) is 4.69. The molecule has 110 valence electrons. The maximum absolute atomic E-state index is 13.5. The Labute approximate surface area is 132 Å². The van der Waals surface area contributed by atoms with E-state index in [4.69, 9.17) is 0 Å². The summed E-state index contributed by atoms with van der Waals surface area (Å²) in [5.74, 6) is -0.826. The van der Waals surface area contributed by atoms with Gasteiger partial charge in [-0.2, -0.15) is 0 Å². The van der Waals surface area contributed by atoms with Crippen LogP contribution in [-0.2, 0) is 6.54 Å². The highest BCUT2D eigenvalue weighted by molar-refractivity contribution is 9.10. The topological polar surface area (TPSA) is 72.2 Å². The lowest BCUT2D eigenvalue weighted by molar-refractivity contribution is -0.380. The fraction of sp³-hybridized carbons (Fsp3) is 0.154. The van der Waals surface area contributed by atoms with Gasteiger partial charge in [0, 0.05) is 12.6 Å². The van der Waals surface area contributed by atoms with Crippen molar-refractivity contribution in [3.63, 3.8) is 0 Å². The van der Waals surface area contributed by atoms with Crippen molar-refractivity contribution in [3.8, 4) is 0 Å². The van der Waals surface area contributed by atoms with Crippen LogP contribution in [0.25, 0.3) is 0 Å². The molecule has 1 aromatic carbocycles. The van der Waals surface area contributed by atoms with Crippen molar-refractivity contribution in [1.82, 2.24) is 5.32 Å². The molecule has 5 nitrogen and oxygen atoms in total. The maximum atomic E-state index is 13.5. The van der Waals surface area contributed by atoms with Crippen molar-refractivity contribution in [3.05, 3.63) is 60.7 Å². The Morgan fingerprint density at radius 3 is 2.81 bits per heavy atom. The molecule has 0 aliphatic rings. The van der Waals surface area contributed by atoms with E-state index in [9.17, 15) is 19.3 Å². The van der Waals surface area contributed by atoms with Crippen LogP contribution in [0.5, 0.6) is 0 Å². The fourth-order valence-electron chi connectivity index (χ4n) is 1.69. The minimum Gasteiger partial charge on any atom is -0.347 e. The molecule has 21 heavy (non-hydrogen) atoms. The molecule has 0 saturated carbocycles. The molecule has 0 atom stereocenters. The smallest absolute Gasteiger partial charge is 0.324 e. The first-order valence-electron chi connectivity index (χ1n) is 5.85. The molecular weight excluding hydrogens is 363 g/mol. The molecule has 0 bridgehead atoms. The van der Waals surface area contributed by atoms with Crippen LogP contribution in [0, 0.1) is 22.9 Å². The third kappa shape index (κ3) is 3.64. The SMILES string of the molecule is Cc1cc(Br)c(F)cc1CNC(=O)c1ccc([N+](=O)[O-])s1. The van der Waals surface area contributed by atoms with Crippen LogP contribution >= 0.6 is 27.3 Å². The molecule has 0 saturated heterocycles. The van der Waals surface area contributed by atoms with Crippen LogP contribution in [0.15, 0.2) is 28.7 Å². The first kappa shape index (κ1) is 15.6. The second-order valence-electron chi connectivity index (χ2n) is 4.27. The highest BCUT2D eigenvalue weighted by Gasteiger charge is 2.15. The summed E-state index contributed by atoms with van der Waals surface area (Å²) in [7, 11) is 0. The predicted octanol–water partition coefficient (Wildman–Crippen LogP) is 3.80. The van der Waals surface area contributed by atoms with Crippen molar-refractivity contribution in [2.45, 2.75) is 13.5 Å². The number of halogens is 2. The lowest BCUT2D eigenvalue weighted by Gasteiger charge is -2.08. The highest BCUT2D eigenvalue weighted by atomic mass is 79.9. The van der Waals surface area contributed by atoms with E-state index in [-0.39, 0.29) is 16.4 Å². The molecule has 2 rings (SSSR count). The van der Waals surface area contributed by atoms with Gasteiger partial charge in [0.05, 0.1) is 14.3 Å². The zero-order valence-corrected chi connectivity index (χ0v) is 13.3. The van der Waals surface area contributed by atoms with E-state index in [2.05, 4.69) is 21.2 Å². The van der Waals surface area contributed by atoms with Crippen molar-refractivity contribution in [1.29, 1.82) is 0 Å². The Balaban J connectivity index is 2.07. The summed E-state index contributed by atoms with van der Waals surface area (Å²) in [6.45, 7) is 1.96. The lowest BCUT2D eigenvalue weighted by atomic mass is 10.1. The van der Waals surface area contributed by atoms with Gasteiger partial charge in [-0.15, -0.1) is 0 Å². The lowest BCUT2D eigenvalue weighted by Crippen LogP contribution is -2.22. The van der Waals surface area contributed by atoms with E-state index < -0.39 is 16.6 Å². The number of nitrogens with zero attached hydrogens (tertiary/aromatic N) is 1. The number of amides is 1. The number of benzene rings is 1. The molecule has 0 spiro atoms. The predicted molar refractivity (Wildman–Crippen MR) is 81.0 cm³/mol. The van der Waals surface area contributed by atoms with Crippen molar-refractivity contribution < 1.29 is 14.1 Å². The number of aryl methyl sites for hydroxylation is 1. The monoisotopic (exact) mass is 372 g/mol. The number of carbonyl (C=O) groups is 1. The van der Waals surface area contributed by atoms with E-state index in [1.165, 1.54) is 18.2 Å². The van der Waals surface area contributed by atoms with E-state index in [0.29, 0.717) is 10.0 Å². The van der Waals surface area contributed by atoms with Gasteiger partial charge in [0.1, 0.15) is 5.82 Å². The molecule has 1 N–H and O–H groups in total. The van der Waals surface area contributed by atoms with Crippen molar-refractivity contribution in [2.24, 2.45) is 0 Å². The van der Waals surface area contributed by atoms with Crippen LogP contribution in [0.2, 0.25) is 0 Å². The maximum Gasteiger partial charge on any atom is 0.324 e. The third-order valence-corrected chi connectivity index (χ3v) is 4.46. The highest BCUT2D eigenvalue weighted by Crippen LogP contribution is 2.24. The number of rotatable bonds is 4. The van der Waals surface area contributed by atoms with Gasteiger partial charge >= 0.3 is 5.00 Å². The number of nitro groups is 1. The quantitative estimate of drug-likeness (QED) is 0.655. The Hall–Kier alpha value is -1.80. The summed E-state index contributed by atoms with van der Waals surface area (Å²) >= 11 is 3.89. The van der Waals surface area contributed by atoms with Gasteiger partial charge in [-0.3, -0.25) is 14.9 Å². The first-order chi connectivity index (χ1) is 9.88. The first-order valence-corrected chi connectivity index (χ1v) is 7.46. The molecule has 2 aromatic rings. The van der Waals surface area contributed by atoms with E-state index in [0.717, 1.165) is 16.9 Å². The van der Waals surface area contributed by atoms with Crippen molar-refractivity contribution in [2.75, 3.05) is 0 Å². The minimum absolute atomic E-state index is 0.0917. The van der Waals surface area contributed by atoms with Gasteiger partial charge in [-0.05, 0) is 52.2 Å². The van der Waals surface area contributed by atoms with Crippen molar-refractivity contribution >= 4 is 38.2 Å². The van der Waals surface area contributed by atoms with E-state index in [1.807, 2.05) is 6.92 Å². The Bertz CT molecular complexity index is 717.